The summed E-state index contributed by atoms with van der Waals surface area (Å²) in [5, 5.41) is 0. The number of allylic oxidation sites excluding steroid dienone is 1. The first kappa shape index (κ1) is 8.91. The molecule has 0 aliphatic carbocycles. The molecule has 0 atom stereocenters. The first-order valence-corrected chi connectivity index (χ1v) is 5.68. The lowest BCUT2D eigenvalue weighted by Crippen LogP contribution is -2.27. The van der Waals surface area contributed by atoms with Gasteiger partial charge in [0.1, 0.15) is 0 Å². The molecule has 4 heteroatoms. The van der Waals surface area contributed by atoms with Crippen LogP contribution in [0.1, 0.15) is 31.0 Å². The van der Waals surface area contributed by atoms with Crippen molar-refractivity contribution in [2.75, 3.05) is 25.5 Å². The van der Waals surface area contributed by atoms with Gasteiger partial charge in [-0.1, -0.05) is 12.1 Å². The Kier molecular flexibility index (Phi) is 3.16. The summed E-state index contributed by atoms with van der Waals surface area (Å²) in [6.45, 7) is -4.87. The van der Waals surface area contributed by atoms with E-state index in [4.69, 9.17) is 6.85 Å². The third-order valence-corrected chi connectivity index (χ3v) is 2.34. The Morgan fingerprint density at radius 1 is 1.42 bits per heavy atom. The van der Waals surface area contributed by atoms with Gasteiger partial charge in [0.15, 0.2) is 5.78 Å². The second-order valence-corrected chi connectivity index (χ2v) is 4.16. The van der Waals surface area contributed by atoms with Crippen LogP contribution in [0.25, 0.3) is 0 Å². The van der Waals surface area contributed by atoms with Gasteiger partial charge in [-0.15, -0.1) is 0 Å². The smallest absolute Gasteiger partial charge is 0.223 e. The van der Waals surface area contributed by atoms with Crippen molar-refractivity contribution in [2.24, 2.45) is 0 Å². The van der Waals surface area contributed by atoms with E-state index in [1.165, 1.54) is 30.3 Å². The highest BCUT2D eigenvalue weighted by atomic mass is 16.2. The van der Waals surface area contributed by atoms with Gasteiger partial charge in [0.25, 0.3) is 0 Å². The van der Waals surface area contributed by atoms with Crippen LogP contribution in [0.3, 0.4) is 0 Å². The van der Waals surface area contributed by atoms with Crippen LogP contribution in [0.5, 0.6) is 0 Å². The summed E-state index contributed by atoms with van der Waals surface area (Å²) in [7, 11) is 3.51. The van der Waals surface area contributed by atoms with E-state index in [1.54, 1.807) is 25.2 Å². The van der Waals surface area contributed by atoms with Gasteiger partial charge in [-0.25, -0.2) is 0 Å². The molecule has 1 rings (SSSR count). The van der Waals surface area contributed by atoms with Crippen LogP contribution < -0.4 is 4.90 Å². The fourth-order valence-electron chi connectivity index (χ4n) is 1.44. The van der Waals surface area contributed by atoms with Gasteiger partial charge in [0.05, 0.1) is 0 Å². The fraction of sp³-hybridized carbons (Fsp3) is 0.333. The van der Waals surface area contributed by atoms with E-state index < -0.39 is 19.3 Å². The molecule has 0 heterocycles. The van der Waals surface area contributed by atoms with Crippen molar-refractivity contribution < 1.29 is 16.4 Å². The van der Waals surface area contributed by atoms with Gasteiger partial charge in [0.2, 0.25) is 5.91 Å². The van der Waals surface area contributed by atoms with Crippen molar-refractivity contribution in [3.05, 3.63) is 42.1 Å². The minimum absolute atomic E-state index is 0.00716. The number of hydrogen-bond acceptors (Lipinski definition) is 3. The summed E-state index contributed by atoms with van der Waals surface area (Å²) >= 11 is 0. The van der Waals surface area contributed by atoms with E-state index in [2.05, 4.69) is 0 Å². The highest BCUT2D eigenvalue weighted by molar-refractivity contribution is 6.05. The van der Waals surface area contributed by atoms with Crippen LogP contribution in [0, 0.1) is 0 Å². The number of carbonyl (C=O) groups is 2. The Labute approximate surface area is 121 Å². The van der Waals surface area contributed by atoms with Gasteiger partial charge in [-0.3, -0.25) is 9.59 Å². The van der Waals surface area contributed by atoms with E-state index in [0.717, 1.165) is 6.92 Å². The van der Waals surface area contributed by atoms with Crippen molar-refractivity contribution in [2.45, 2.75) is 13.8 Å². The fourth-order valence-corrected chi connectivity index (χ4v) is 1.44. The summed E-state index contributed by atoms with van der Waals surface area (Å²) < 4.78 is 37.7. The maximum absolute atomic E-state index is 12.1. The van der Waals surface area contributed by atoms with E-state index >= 15 is 0 Å². The summed E-state index contributed by atoms with van der Waals surface area (Å²) in [6.07, 6.45) is 2.88. The molecule has 0 saturated carbocycles. The standard InChI is InChI=1S/C15H20N2O2/c1-5-17(12(2)18)14-8-6-7-13(11-14)15(19)9-10-16(3)4/h6-11H,5H2,1-4H3/i1D3,5D2. The second-order valence-electron chi connectivity index (χ2n) is 4.16. The topological polar surface area (TPSA) is 40.6 Å². The second kappa shape index (κ2) is 6.73. The molecule has 0 radical (unpaired) electrons. The lowest BCUT2D eigenvalue weighted by atomic mass is 10.1. The molecule has 0 aliphatic rings. The van der Waals surface area contributed by atoms with Crippen molar-refractivity contribution in [3.63, 3.8) is 0 Å². The third-order valence-electron chi connectivity index (χ3n) is 2.34. The number of benzene rings is 1. The lowest BCUT2D eigenvalue weighted by Gasteiger charge is -2.19. The maximum atomic E-state index is 12.1. The normalized spacial score (nSPS) is 15.8. The van der Waals surface area contributed by atoms with Crippen LogP contribution in [-0.2, 0) is 4.79 Å². The zero-order valence-corrected chi connectivity index (χ0v) is 11.2. The molecule has 0 saturated heterocycles. The van der Waals surface area contributed by atoms with E-state index in [1.807, 2.05) is 0 Å². The van der Waals surface area contributed by atoms with Crippen LogP contribution in [-0.4, -0.2) is 37.2 Å². The number of amides is 1. The van der Waals surface area contributed by atoms with Crippen LogP contribution in [0.4, 0.5) is 5.69 Å². The summed E-state index contributed by atoms with van der Waals surface area (Å²) in [5.74, 6) is -1.12. The number of rotatable bonds is 5. The molecule has 1 aromatic carbocycles. The minimum atomic E-state index is -3.04. The number of nitrogens with zero attached hydrogens (tertiary/aromatic N) is 2. The number of ketones is 1. The quantitative estimate of drug-likeness (QED) is 0.606. The average molecular weight is 265 g/mol. The third kappa shape index (κ3) is 4.25. The summed E-state index contributed by atoms with van der Waals surface area (Å²) in [5.41, 5.74) is 0.228. The highest BCUT2D eigenvalue weighted by Crippen LogP contribution is 2.17. The van der Waals surface area contributed by atoms with Crippen molar-refractivity contribution in [3.8, 4) is 0 Å². The predicted molar refractivity (Wildman–Crippen MR) is 77.3 cm³/mol. The number of anilines is 1. The average Bonchev–Trinajstić information content (AvgIpc) is 2.43. The molecule has 1 aromatic rings. The highest BCUT2D eigenvalue weighted by Gasteiger charge is 2.10. The zero-order chi connectivity index (χ0) is 18.7. The lowest BCUT2D eigenvalue weighted by molar-refractivity contribution is -0.116. The van der Waals surface area contributed by atoms with Crippen molar-refractivity contribution in [1.29, 1.82) is 0 Å². The molecular formula is C15H20N2O2. The van der Waals surface area contributed by atoms with Crippen molar-refractivity contribution >= 4 is 17.4 Å². The zero-order valence-electron chi connectivity index (χ0n) is 16.2. The van der Waals surface area contributed by atoms with Gasteiger partial charge >= 0.3 is 0 Å². The molecule has 0 aliphatic heterocycles. The van der Waals surface area contributed by atoms with Gasteiger partial charge in [-0.2, -0.15) is 0 Å². The molecule has 19 heavy (non-hydrogen) atoms. The Balaban J connectivity index is 3.31. The Bertz CT molecular complexity index is 654. The van der Waals surface area contributed by atoms with Gasteiger partial charge in [0, 0.05) is 57.9 Å². The molecule has 0 spiro atoms. The van der Waals surface area contributed by atoms with Crippen LogP contribution in [0.15, 0.2) is 36.5 Å². The van der Waals surface area contributed by atoms with Crippen molar-refractivity contribution in [1.82, 2.24) is 4.90 Å². The molecule has 0 unspecified atom stereocenters. The summed E-state index contributed by atoms with van der Waals surface area (Å²) in [6, 6.07) is 5.66. The minimum Gasteiger partial charge on any atom is -0.383 e. The van der Waals surface area contributed by atoms with Crippen LogP contribution >= 0.6 is 0 Å². The number of carbonyl (C=O) groups excluding carboxylic acids is 2. The Morgan fingerprint density at radius 2 is 2.16 bits per heavy atom. The SMILES string of the molecule is [2H]C([2H])([2H])C([2H])([2H])N(C(C)=O)c1cccc(C(=O)C=CN(C)C)c1. The van der Waals surface area contributed by atoms with E-state index in [0.29, 0.717) is 4.90 Å². The molecular weight excluding hydrogens is 240 g/mol. The van der Waals surface area contributed by atoms with E-state index in [9.17, 15) is 9.59 Å². The molecule has 0 N–H and O–H groups in total. The molecule has 102 valence electrons. The largest absolute Gasteiger partial charge is 0.383 e. The molecule has 0 fully saturated rings. The monoisotopic (exact) mass is 265 g/mol. The number of hydrogen-bond donors (Lipinski definition) is 0. The Hall–Kier alpha value is -2.10. The molecule has 0 bridgehead atoms. The Morgan fingerprint density at radius 3 is 2.74 bits per heavy atom. The molecule has 4 nitrogen and oxygen atoms in total. The van der Waals surface area contributed by atoms with Gasteiger partial charge < -0.3 is 9.80 Å². The van der Waals surface area contributed by atoms with E-state index in [-0.39, 0.29) is 17.0 Å². The summed E-state index contributed by atoms with van der Waals surface area (Å²) in [4.78, 5) is 26.2. The molecule has 0 aromatic heterocycles. The first-order chi connectivity index (χ1) is 10.9. The molecule has 1 amide bonds. The predicted octanol–water partition coefficient (Wildman–Crippen LogP) is 2.32. The van der Waals surface area contributed by atoms with Gasteiger partial charge in [-0.05, 0) is 19.0 Å². The first-order valence-electron chi connectivity index (χ1n) is 8.18. The van der Waals surface area contributed by atoms with Crippen LogP contribution in [0.2, 0.25) is 0 Å². The maximum Gasteiger partial charge on any atom is 0.223 e.